The Morgan fingerprint density at radius 3 is 2.47 bits per heavy atom. The number of rotatable bonds is 3. The van der Waals surface area contributed by atoms with Crippen molar-refractivity contribution >= 4 is 17.6 Å². The second-order valence-electron chi connectivity index (χ2n) is 3.92. The van der Waals surface area contributed by atoms with Gasteiger partial charge in [0.1, 0.15) is 11.5 Å². The molecule has 19 heavy (non-hydrogen) atoms. The number of phenolic OH excluding ortho intramolecular Hbond substituents is 1. The van der Waals surface area contributed by atoms with Crippen LogP contribution >= 0.6 is 11.6 Å². The van der Waals surface area contributed by atoms with Gasteiger partial charge in [-0.25, -0.2) is 4.79 Å². The molecule has 0 aliphatic rings. The van der Waals surface area contributed by atoms with E-state index in [0.717, 1.165) is 0 Å². The van der Waals surface area contributed by atoms with Gasteiger partial charge in [-0.05, 0) is 41.5 Å². The molecular formula is C14H11ClO4. The van der Waals surface area contributed by atoms with Crippen LogP contribution in [0.25, 0.3) is 11.1 Å². The first kappa shape index (κ1) is 13.2. The van der Waals surface area contributed by atoms with Crippen LogP contribution in [0, 0.1) is 0 Å². The van der Waals surface area contributed by atoms with Crippen molar-refractivity contribution < 1.29 is 19.7 Å². The molecule has 0 fully saturated rings. The summed E-state index contributed by atoms with van der Waals surface area (Å²) in [6.45, 7) is 0. The van der Waals surface area contributed by atoms with E-state index in [1.807, 2.05) is 0 Å². The predicted octanol–water partition coefficient (Wildman–Crippen LogP) is 3.42. The number of carboxylic acid groups (broad SMARTS) is 1. The number of carbonyl (C=O) groups is 1. The van der Waals surface area contributed by atoms with Crippen molar-refractivity contribution in [3.8, 4) is 22.6 Å². The van der Waals surface area contributed by atoms with E-state index in [-0.39, 0.29) is 11.3 Å². The normalized spacial score (nSPS) is 10.2. The zero-order chi connectivity index (χ0) is 14.0. The molecule has 2 aromatic rings. The molecule has 0 unspecified atom stereocenters. The van der Waals surface area contributed by atoms with Gasteiger partial charge in [0.15, 0.2) is 0 Å². The maximum absolute atomic E-state index is 10.9. The molecular weight excluding hydrogens is 268 g/mol. The van der Waals surface area contributed by atoms with Gasteiger partial charge in [0.25, 0.3) is 0 Å². The molecule has 0 atom stereocenters. The van der Waals surface area contributed by atoms with Crippen LogP contribution in [0.1, 0.15) is 10.4 Å². The van der Waals surface area contributed by atoms with E-state index in [4.69, 9.17) is 21.4 Å². The molecule has 98 valence electrons. The van der Waals surface area contributed by atoms with E-state index in [1.165, 1.54) is 25.3 Å². The van der Waals surface area contributed by atoms with Crippen LogP contribution in [0.2, 0.25) is 5.02 Å². The van der Waals surface area contributed by atoms with E-state index in [0.29, 0.717) is 21.9 Å². The molecule has 2 N–H and O–H groups in total. The van der Waals surface area contributed by atoms with Crippen LogP contribution in [0.4, 0.5) is 0 Å². The second kappa shape index (κ2) is 5.20. The van der Waals surface area contributed by atoms with Crippen molar-refractivity contribution in [2.75, 3.05) is 7.11 Å². The summed E-state index contributed by atoms with van der Waals surface area (Å²) >= 11 is 6.02. The average molecular weight is 279 g/mol. The first-order chi connectivity index (χ1) is 9.01. The molecule has 0 aromatic heterocycles. The van der Waals surface area contributed by atoms with Gasteiger partial charge < -0.3 is 14.9 Å². The van der Waals surface area contributed by atoms with E-state index in [2.05, 4.69) is 0 Å². The van der Waals surface area contributed by atoms with Crippen molar-refractivity contribution in [3.05, 3.63) is 47.0 Å². The van der Waals surface area contributed by atoms with Crippen LogP contribution in [0.3, 0.4) is 0 Å². The van der Waals surface area contributed by atoms with Crippen LogP contribution in [-0.2, 0) is 0 Å². The number of ether oxygens (including phenoxy) is 1. The largest absolute Gasteiger partial charge is 0.508 e. The van der Waals surface area contributed by atoms with Crippen molar-refractivity contribution in [3.63, 3.8) is 0 Å². The summed E-state index contributed by atoms with van der Waals surface area (Å²) in [4.78, 5) is 10.9. The zero-order valence-corrected chi connectivity index (χ0v) is 10.8. The molecule has 4 nitrogen and oxygen atoms in total. The van der Waals surface area contributed by atoms with Crippen molar-refractivity contribution in [1.29, 1.82) is 0 Å². The van der Waals surface area contributed by atoms with Gasteiger partial charge >= 0.3 is 5.97 Å². The molecule has 0 aliphatic carbocycles. The van der Waals surface area contributed by atoms with Crippen molar-refractivity contribution in [2.45, 2.75) is 0 Å². The Labute approximate surface area is 114 Å². The molecule has 0 heterocycles. The van der Waals surface area contributed by atoms with Crippen molar-refractivity contribution in [1.82, 2.24) is 0 Å². The quantitative estimate of drug-likeness (QED) is 0.903. The molecule has 0 radical (unpaired) electrons. The molecule has 0 amide bonds. The summed E-state index contributed by atoms with van der Waals surface area (Å²) in [6, 6.07) is 9.22. The van der Waals surface area contributed by atoms with Crippen LogP contribution in [0.5, 0.6) is 11.5 Å². The Hall–Kier alpha value is -2.20. The third kappa shape index (κ3) is 2.80. The Morgan fingerprint density at radius 1 is 1.16 bits per heavy atom. The zero-order valence-electron chi connectivity index (χ0n) is 10.1. The van der Waals surface area contributed by atoms with E-state index >= 15 is 0 Å². The smallest absolute Gasteiger partial charge is 0.335 e. The highest BCUT2D eigenvalue weighted by Gasteiger charge is 2.09. The van der Waals surface area contributed by atoms with Gasteiger partial charge in [-0.3, -0.25) is 0 Å². The minimum atomic E-state index is -1.10. The molecule has 0 aliphatic heterocycles. The lowest BCUT2D eigenvalue weighted by atomic mass is 10.0. The van der Waals surface area contributed by atoms with E-state index in [1.54, 1.807) is 18.2 Å². The van der Waals surface area contributed by atoms with Gasteiger partial charge in [-0.2, -0.15) is 0 Å². The third-order valence-corrected chi connectivity index (χ3v) is 2.95. The van der Waals surface area contributed by atoms with Crippen molar-refractivity contribution in [2.24, 2.45) is 0 Å². The fraction of sp³-hybridized carbons (Fsp3) is 0.0714. The number of aromatic hydroxyl groups is 1. The fourth-order valence-electron chi connectivity index (χ4n) is 1.75. The predicted molar refractivity (Wildman–Crippen MR) is 72.1 cm³/mol. The lowest BCUT2D eigenvalue weighted by molar-refractivity contribution is 0.0696. The highest BCUT2D eigenvalue weighted by Crippen LogP contribution is 2.32. The second-order valence-corrected chi connectivity index (χ2v) is 4.33. The molecule has 5 heteroatoms. The van der Waals surface area contributed by atoms with Gasteiger partial charge in [0.2, 0.25) is 0 Å². The highest BCUT2D eigenvalue weighted by atomic mass is 35.5. The molecule has 2 aromatic carbocycles. The number of hydrogen-bond donors (Lipinski definition) is 2. The Morgan fingerprint density at radius 2 is 1.89 bits per heavy atom. The molecule has 0 bridgehead atoms. The average Bonchev–Trinajstić information content (AvgIpc) is 2.37. The summed E-state index contributed by atoms with van der Waals surface area (Å²) < 4.78 is 5.05. The summed E-state index contributed by atoms with van der Waals surface area (Å²) in [7, 11) is 1.51. The Kier molecular flexibility index (Phi) is 3.62. The number of phenols is 1. The van der Waals surface area contributed by atoms with Gasteiger partial charge in [-0.1, -0.05) is 17.7 Å². The monoisotopic (exact) mass is 278 g/mol. The minimum absolute atomic E-state index is 0.0157. The Bertz CT molecular complexity index is 637. The highest BCUT2D eigenvalue weighted by molar-refractivity contribution is 6.32. The summed E-state index contributed by atoms with van der Waals surface area (Å²) in [5, 5.41) is 18.9. The summed E-state index contributed by atoms with van der Waals surface area (Å²) in [5.74, 6) is -0.678. The molecule has 2 rings (SSSR count). The Balaban J connectivity index is 2.52. The van der Waals surface area contributed by atoms with Gasteiger partial charge in [-0.15, -0.1) is 0 Å². The first-order valence-electron chi connectivity index (χ1n) is 5.42. The number of methoxy groups -OCH3 is 1. The number of benzene rings is 2. The molecule has 0 saturated heterocycles. The topological polar surface area (TPSA) is 66.8 Å². The standard InChI is InChI=1S/C14H11ClO4/c1-19-13-3-2-8(7-12(13)15)9-4-10(14(17)18)6-11(16)5-9/h2-7,16H,1H3,(H,17,18). The van der Waals surface area contributed by atoms with Crippen LogP contribution < -0.4 is 4.74 Å². The van der Waals surface area contributed by atoms with E-state index in [9.17, 15) is 9.90 Å². The number of hydrogen-bond acceptors (Lipinski definition) is 3. The fourth-order valence-corrected chi connectivity index (χ4v) is 2.00. The minimum Gasteiger partial charge on any atom is -0.508 e. The molecule has 0 spiro atoms. The third-order valence-electron chi connectivity index (χ3n) is 2.65. The lowest BCUT2D eigenvalue weighted by Crippen LogP contribution is -1.96. The first-order valence-corrected chi connectivity index (χ1v) is 5.80. The maximum Gasteiger partial charge on any atom is 0.335 e. The lowest BCUT2D eigenvalue weighted by Gasteiger charge is -2.08. The summed E-state index contributed by atoms with van der Waals surface area (Å²) in [6.07, 6.45) is 0. The van der Waals surface area contributed by atoms with Crippen LogP contribution in [0.15, 0.2) is 36.4 Å². The SMILES string of the molecule is COc1ccc(-c2cc(O)cc(C(=O)O)c2)cc1Cl. The van der Waals surface area contributed by atoms with Gasteiger partial charge in [0.05, 0.1) is 17.7 Å². The maximum atomic E-state index is 10.9. The summed E-state index contributed by atoms with van der Waals surface area (Å²) in [5.41, 5.74) is 1.29. The number of aromatic carboxylic acids is 1. The van der Waals surface area contributed by atoms with E-state index < -0.39 is 5.97 Å². The van der Waals surface area contributed by atoms with Gasteiger partial charge in [0, 0.05) is 0 Å². The number of halogens is 1. The van der Waals surface area contributed by atoms with Crippen LogP contribution in [-0.4, -0.2) is 23.3 Å². The number of carboxylic acids is 1. The molecule has 0 saturated carbocycles.